The molecule has 1 rings (SSSR count). The summed E-state index contributed by atoms with van der Waals surface area (Å²) < 4.78 is 24.8. The predicted molar refractivity (Wildman–Crippen MR) is 97.8 cm³/mol. The van der Waals surface area contributed by atoms with E-state index in [2.05, 4.69) is 5.32 Å². The number of hydrogen-bond acceptors (Lipinski definition) is 4. The van der Waals surface area contributed by atoms with Crippen molar-refractivity contribution in [3.8, 4) is 0 Å². The van der Waals surface area contributed by atoms with Gasteiger partial charge in [-0.25, -0.2) is 12.7 Å². The quantitative estimate of drug-likeness (QED) is 0.667. The molecule has 0 aliphatic heterocycles. The molecule has 0 saturated heterocycles. The first kappa shape index (κ1) is 20.9. The lowest BCUT2D eigenvalue weighted by atomic mass is 10.1. The molecule has 1 aromatic carbocycles. The molecule has 0 aromatic heterocycles. The van der Waals surface area contributed by atoms with E-state index in [0.29, 0.717) is 31.1 Å². The van der Waals surface area contributed by atoms with E-state index in [1.165, 1.54) is 10.6 Å². The van der Waals surface area contributed by atoms with Gasteiger partial charge in [0, 0.05) is 37.6 Å². The van der Waals surface area contributed by atoms with Crippen LogP contribution >= 0.6 is 11.6 Å². The molecule has 0 atom stereocenters. The number of sulfonamides is 1. The lowest BCUT2D eigenvalue weighted by molar-refractivity contribution is -0.121. The average molecular weight is 376 g/mol. The van der Waals surface area contributed by atoms with Crippen LogP contribution in [0.5, 0.6) is 0 Å². The van der Waals surface area contributed by atoms with E-state index < -0.39 is 10.0 Å². The van der Waals surface area contributed by atoms with Gasteiger partial charge >= 0.3 is 0 Å². The molecule has 136 valence electrons. The standard InChI is InChI=1S/C16H26ClN3O3S/c1-19(2)12-13-20(24(3,22)23)11-9-16(21)18-10-8-14-4-6-15(17)7-5-14/h4-7H,8-13H2,1-3H3,(H,18,21). The van der Waals surface area contributed by atoms with Gasteiger partial charge < -0.3 is 10.2 Å². The molecular formula is C16H26ClN3O3S. The highest BCUT2D eigenvalue weighted by atomic mass is 35.5. The molecule has 24 heavy (non-hydrogen) atoms. The molecule has 0 bridgehead atoms. The number of benzene rings is 1. The minimum Gasteiger partial charge on any atom is -0.356 e. The van der Waals surface area contributed by atoms with E-state index >= 15 is 0 Å². The first-order chi connectivity index (χ1) is 11.2. The van der Waals surface area contributed by atoms with Gasteiger partial charge in [-0.05, 0) is 38.2 Å². The molecule has 0 unspecified atom stereocenters. The minimum absolute atomic E-state index is 0.150. The Morgan fingerprint density at radius 2 is 1.75 bits per heavy atom. The average Bonchev–Trinajstić information content (AvgIpc) is 2.47. The van der Waals surface area contributed by atoms with Gasteiger partial charge in [-0.3, -0.25) is 4.79 Å². The summed E-state index contributed by atoms with van der Waals surface area (Å²) in [7, 11) is 0.448. The summed E-state index contributed by atoms with van der Waals surface area (Å²) >= 11 is 5.82. The summed E-state index contributed by atoms with van der Waals surface area (Å²) in [5.41, 5.74) is 1.09. The molecular weight excluding hydrogens is 350 g/mol. The monoisotopic (exact) mass is 375 g/mol. The van der Waals surface area contributed by atoms with Crippen molar-refractivity contribution in [2.45, 2.75) is 12.8 Å². The molecule has 0 spiro atoms. The lowest BCUT2D eigenvalue weighted by Crippen LogP contribution is -2.38. The topological polar surface area (TPSA) is 69.7 Å². The fraction of sp³-hybridized carbons (Fsp3) is 0.562. The lowest BCUT2D eigenvalue weighted by Gasteiger charge is -2.21. The Morgan fingerprint density at radius 3 is 2.29 bits per heavy atom. The zero-order valence-corrected chi connectivity index (χ0v) is 16.0. The summed E-state index contributed by atoms with van der Waals surface area (Å²) in [6.45, 7) is 1.70. The van der Waals surface area contributed by atoms with Crippen LogP contribution in [0.15, 0.2) is 24.3 Å². The van der Waals surface area contributed by atoms with Crippen LogP contribution in [0.2, 0.25) is 5.02 Å². The van der Waals surface area contributed by atoms with Crippen LogP contribution in [0.3, 0.4) is 0 Å². The van der Waals surface area contributed by atoms with Gasteiger partial charge in [0.15, 0.2) is 0 Å². The number of rotatable bonds is 10. The predicted octanol–water partition coefficient (Wildman–Crippen LogP) is 1.21. The van der Waals surface area contributed by atoms with Crippen molar-refractivity contribution in [1.29, 1.82) is 0 Å². The second kappa shape index (κ2) is 9.98. The molecule has 0 heterocycles. The zero-order valence-electron chi connectivity index (χ0n) is 14.5. The van der Waals surface area contributed by atoms with Crippen molar-refractivity contribution >= 4 is 27.5 Å². The number of carbonyl (C=O) groups excluding carboxylic acids is 1. The maximum Gasteiger partial charge on any atom is 0.221 e. The SMILES string of the molecule is CN(C)CCN(CCC(=O)NCCc1ccc(Cl)cc1)S(C)(=O)=O. The van der Waals surface area contributed by atoms with Crippen molar-refractivity contribution in [1.82, 2.24) is 14.5 Å². The van der Waals surface area contributed by atoms with Crippen LogP contribution in [-0.2, 0) is 21.2 Å². The van der Waals surface area contributed by atoms with Crippen LogP contribution in [-0.4, -0.2) is 70.1 Å². The number of amides is 1. The van der Waals surface area contributed by atoms with Crippen molar-refractivity contribution in [2.75, 3.05) is 46.5 Å². The van der Waals surface area contributed by atoms with Gasteiger partial charge in [0.1, 0.15) is 0 Å². The second-order valence-electron chi connectivity index (χ2n) is 5.94. The highest BCUT2D eigenvalue weighted by Gasteiger charge is 2.17. The summed E-state index contributed by atoms with van der Waals surface area (Å²) in [5.74, 6) is -0.150. The Hall–Kier alpha value is -1.15. The molecule has 0 aliphatic carbocycles. The Bertz CT molecular complexity index is 618. The first-order valence-corrected chi connectivity index (χ1v) is 10.0. The Balaban J connectivity index is 2.35. The molecule has 0 saturated carbocycles. The highest BCUT2D eigenvalue weighted by molar-refractivity contribution is 7.88. The number of nitrogens with one attached hydrogen (secondary N) is 1. The highest BCUT2D eigenvalue weighted by Crippen LogP contribution is 2.09. The van der Waals surface area contributed by atoms with Gasteiger partial charge in [0.25, 0.3) is 0 Å². The smallest absolute Gasteiger partial charge is 0.221 e. The van der Waals surface area contributed by atoms with Crippen LogP contribution < -0.4 is 5.32 Å². The molecule has 0 radical (unpaired) electrons. The third-order valence-corrected chi connectivity index (χ3v) is 5.06. The molecule has 6 nitrogen and oxygen atoms in total. The van der Waals surface area contributed by atoms with Crippen LogP contribution in [0.1, 0.15) is 12.0 Å². The summed E-state index contributed by atoms with van der Waals surface area (Å²) in [5, 5.41) is 3.50. The number of halogens is 1. The van der Waals surface area contributed by atoms with Crippen molar-refractivity contribution in [3.63, 3.8) is 0 Å². The fourth-order valence-electron chi connectivity index (χ4n) is 2.07. The maximum atomic E-state index is 11.9. The first-order valence-electron chi connectivity index (χ1n) is 7.79. The van der Waals surface area contributed by atoms with E-state index in [-0.39, 0.29) is 18.9 Å². The number of likely N-dealkylation sites (N-methyl/N-ethyl adjacent to an activating group) is 1. The third kappa shape index (κ3) is 8.63. The summed E-state index contributed by atoms with van der Waals surface area (Å²) in [4.78, 5) is 13.8. The van der Waals surface area contributed by atoms with Gasteiger partial charge in [0.05, 0.1) is 6.26 Å². The molecule has 1 amide bonds. The summed E-state index contributed by atoms with van der Waals surface area (Å²) in [6, 6.07) is 7.46. The van der Waals surface area contributed by atoms with E-state index in [1.54, 1.807) is 0 Å². The Kier molecular flexibility index (Phi) is 8.69. The van der Waals surface area contributed by atoms with E-state index in [4.69, 9.17) is 11.6 Å². The van der Waals surface area contributed by atoms with Crippen molar-refractivity contribution in [3.05, 3.63) is 34.9 Å². The van der Waals surface area contributed by atoms with Crippen molar-refractivity contribution in [2.24, 2.45) is 0 Å². The molecule has 0 fully saturated rings. The Morgan fingerprint density at radius 1 is 1.12 bits per heavy atom. The minimum atomic E-state index is -3.31. The van der Waals surface area contributed by atoms with Gasteiger partial charge in [-0.2, -0.15) is 0 Å². The maximum absolute atomic E-state index is 11.9. The van der Waals surface area contributed by atoms with Gasteiger partial charge in [-0.15, -0.1) is 0 Å². The normalized spacial score (nSPS) is 11.9. The zero-order chi connectivity index (χ0) is 18.2. The van der Waals surface area contributed by atoms with E-state index in [1.807, 2.05) is 43.3 Å². The van der Waals surface area contributed by atoms with Crippen LogP contribution in [0, 0.1) is 0 Å². The summed E-state index contributed by atoms with van der Waals surface area (Å²) in [6.07, 6.45) is 2.03. The van der Waals surface area contributed by atoms with Crippen molar-refractivity contribution < 1.29 is 13.2 Å². The molecule has 8 heteroatoms. The van der Waals surface area contributed by atoms with Gasteiger partial charge in [-0.1, -0.05) is 23.7 Å². The largest absolute Gasteiger partial charge is 0.356 e. The third-order valence-electron chi connectivity index (χ3n) is 3.50. The number of hydrogen-bond donors (Lipinski definition) is 1. The molecule has 1 N–H and O–H groups in total. The van der Waals surface area contributed by atoms with E-state index in [0.717, 1.165) is 5.56 Å². The second-order valence-corrected chi connectivity index (χ2v) is 8.36. The van der Waals surface area contributed by atoms with Crippen LogP contribution in [0.4, 0.5) is 0 Å². The molecule has 1 aromatic rings. The van der Waals surface area contributed by atoms with Crippen LogP contribution in [0.25, 0.3) is 0 Å². The fourth-order valence-corrected chi connectivity index (χ4v) is 3.03. The Labute approximate surface area is 149 Å². The molecule has 0 aliphatic rings. The number of carbonyl (C=O) groups is 1. The van der Waals surface area contributed by atoms with E-state index in [9.17, 15) is 13.2 Å². The van der Waals surface area contributed by atoms with Gasteiger partial charge in [0.2, 0.25) is 15.9 Å². The number of nitrogens with zero attached hydrogens (tertiary/aromatic N) is 2.